The smallest absolute Gasteiger partial charge is 0.243 e. The number of nitrogens with zero attached hydrogens (tertiary/aromatic N) is 1. The summed E-state index contributed by atoms with van der Waals surface area (Å²) < 4.78 is 11.5. The highest BCUT2D eigenvalue weighted by Crippen LogP contribution is 2.58. The van der Waals surface area contributed by atoms with Crippen molar-refractivity contribution in [2.24, 2.45) is 22.5 Å². The van der Waals surface area contributed by atoms with E-state index in [2.05, 4.69) is 18.7 Å². The van der Waals surface area contributed by atoms with E-state index < -0.39 is 5.54 Å². The molecule has 4 fully saturated rings. The molecule has 0 aromatic rings. The van der Waals surface area contributed by atoms with Gasteiger partial charge in [-0.25, -0.2) is 0 Å². The van der Waals surface area contributed by atoms with Gasteiger partial charge in [0.15, 0.2) is 0 Å². The molecule has 3 atom stereocenters. The Morgan fingerprint density at radius 3 is 2.65 bits per heavy atom. The third-order valence-electron chi connectivity index (χ3n) is 7.32. The van der Waals surface area contributed by atoms with Gasteiger partial charge < -0.3 is 20.1 Å². The summed E-state index contributed by atoms with van der Waals surface area (Å²) in [6, 6.07) is 0. The number of carbonyl (C=O) groups is 1. The van der Waals surface area contributed by atoms with Crippen LogP contribution in [0.4, 0.5) is 0 Å². The van der Waals surface area contributed by atoms with Crippen molar-refractivity contribution in [1.82, 2.24) is 4.90 Å². The number of hydrogen-bond donors (Lipinski definition) is 1. The molecule has 1 spiro atoms. The predicted molar refractivity (Wildman–Crippen MR) is 86.8 cm³/mol. The molecule has 130 valence electrons. The van der Waals surface area contributed by atoms with Crippen LogP contribution in [0, 0.1) is 16.7 Å². The summed E-state index contributed by atoms with van der Waals surface area (Å²) >= 11 is 0. The fraction of sp³-hybridized carbons (Fsp3) is 0.944. The number of fused-ring (bicyclic) bond motifs is 1. The Labute approximate surface area is 138 Å². The van der Waals surface area contributed by atoms with Crippen LogP contribution in [0.3, 0.4) is 0 Å². The quantitative estimate of drug-likeness (QED) is 0.795. The Bertz CT molecular complexity index is 500. The molecule has 0 aromatic carbocycles. The molecule has 4 rings (SSSR count). The van der Waals surface area contributed by atoms with Crippen molar-refractivity contribution in [3.8, 4) is 0 Å². The van der Waals surface area contributed by atoms with Crippen molar-refractivity contribution in [3.63, 3.8) is 0 Å². The second kappa shape index (κ2) is 5.17. The topological polar surface area (TPSA) is 64.8 Å². The van der Waals surface area contributed by atoms with Gasteiger partial charge in [0.2, 0.25) is 5.91 Å². The largest absolute Gasteiger partial charge is 0.381 e. The third kappa shape index (κ3) is 2.06. The van der Waals surface area contributed by atoms with Crippen molar-refractivity contribution in [2.45, 2.75) is 57.6 Å². The van der Waals surface area contributed by atoms with Crippen LogP contribution in [0.25, 0.3) is 0 Å². The van der Waals surface area contributed by atoms with Crippen molar-refractivity contribution in [3.05, 3.63) is 0 Å². The van der Waals surface area contributed by atoms with E-state index in [4.69, 9.17) is 15.2 Å². The maximum Gasteiger partial charge on any atom is 0.243 e. The van der Waals surface area contributed by atoms with Crippen LogP contribution in [0.5, 0.6) is 0 Å². The van der Waals surface area contributed by atoms with E-state index in [1.165, 1.54) is 0 Å². The molecule has 0 bridgehead atoms. The Balaban J connectivity index is 1.52. The molecular formula is C18H30N2O3. The minimum atomic E-state index is -0.755. The van der Waals surface area contributed by atoms with Gasteiger partial charge in [-0.2, -0.15) is 0 Å². The normalized spacial score (nSPS) is 41.4. The molecule has 1 saturated carbocycles. The number of carbonyl (C=O) groups excluding carboxylic acids is 1. The first-order chi connectivity index (χ1) is 10.9. The summed E-state index contributed by atoms with van der Waals surface area (Å²) in [5, 5.41) is 0. The number of hydrogen-bond acceptors (Lipinski definition) is 4. The predicted octanol–water partition coefficient (Wildman–Crippen LogP) is 1.55. The zero-order valence-corrected chi connectivity index (χ0v) is 14.5. The number of ether oxygens (including phenoxy) is 2. The van der Waals surface area contributed by atoms with Gasteiger partial charge in [0, 0.05) is 44.2 Å². The van der Waals surface area contributed by atoms with Crippen molar-refractivity contribution < 1.29 is 14.3 Å². The second-order valence-corrected chi connectivity index (χ2v) is 8.72. The van der Waals surface area contributed by atoms with Gasteiger partial charge in [-0.15, -0.1) is 0 Å². The third-order valence-corrected chi connectivity index (χ3v) is 7.32. The number of rotatable bonds is 1. The Kier molecular flexibility index (Phi) is 3.56. The van der Waals surface area contributed by atoms with E-state index in [9.17, 15) is 4.79 Å². The van der Waals surface area contributed by atoms with E-state index in [0.717, 1.165) is 65.0 Å². The molecule has 3 aliphatic heterocycles. The lowest BCUT2D eigenvalue weighted by Gasteiger charge is -2.65. The number of amides is 1. The van der Waals surface area contributed by atoms with Crippen molar-refractivity contribution in [1.29, 1.82) is 0 Å². The summed E-state index contributed by atoms with van der Waals surface area (Å²) in [5.74, 6) is 0.350. The van der Waals surface area contributed by atoms with Gasteiger partial charge in [-0.3, -0.25) is 4.79 Å². The first-order valence-electron chi connectivity index (χ1n) is 9.18. The molecule has 23 heavy (non-hydrogen) atoms. The molecule has 2 N–H and O–H groups in total. The summed E-state index contributed by atoms with van der Waals surface area (Å²) in [6.45, 7) is 8.41. The molecule has 5 nitrogen and oxygen atoms in total. The summed E-state index contributed by atoms with van der Waals surface area (Å²) in [6.07, 6.45) is 5.43. The number of nitrogens with two attached hydrogens (primary N) is 1. The zero-order chi connectivity index (χ0) is 16.3. The van der Waals surface area contributed by atoms with E-state index in [1.54, 1.807) is 0 Å². The highest BCUT2D eigenvalue weighted by Gasteiger charge is 2.71. The molecule has 5 heteroatoms. The maximum absolute atomic E-state index is 13.4. The fourth-order valence-electron chi connectivity index (χ4n) is 5.59. The summed E-state index contributed by atoms with van der Waals surface area (Å²) in [7, 11) is 0. The fourth-order valence-corrected chi connectivity index (χ4v) is 5.59. The van der Waals surface area contributed by atoms with E-state index in [0.29, 0.717) is 0 Å². The van der Waals surface area contributed by atoms with E-state index in [1.807, 2.05) is 0 Å². The van der Waals surface area contributed by atoms with E-state index >= 15 is 0 Å². The second-order valence-electron chi connectivity index (χ2n) is 8.72. The molecule has 3 saturated heterocycles. The van der Waals surface area contributed by atoms with Crippen LogP contribution in [0.1, 0.15) is 46.0 Å². The molecule has 1 aliphatic carbocycles. The molecule has 4 aliphatic rings. The molecule has 0 aromatic heterocycles. The minimum absolute atomic E-state index is 0.143. The molecule has 3 unspecified atom stereocenters. The molecular weight excluding hydrogens is 292 g/mol. The van der Waals surface area contributed by atoms with Gasteiger partial charge in [-0.05, 0) is 37.5 Å². The Morgan fingerprint density at radius 2 is 1.91 bits per heavy atom. The summed E-state index contributed by atoms with van der Waals surface area (Å²) in [4.78, 5) is 15.4. The summed E-state index contributed by atoms with van der Waals surface area (Å²) in [5.41, 5.74) is 6.03. The van der Waals surface area contributed by atoms with Crippen molar-refractivity contribution in [2.75, 3.05) is 32.9 Å². The minimum Gasteiger partial charge on any atom is -0.381 e. The van der Waals surface area contributed by atoms with Gasteiger partial charge in [-0.1, -0.05) is 13.8 Å². The van der Waals surface area contributed by atoms with E-state index in [-0.39, 0.29) is 28.8 Å². The lowest BCUT2D eigenvalue weighted by atomic mass is 9.46. The van der Waals surface area contributed by atoms with Gasteiger partial charge >= 0.3 is 0 Å². The van der Waals surface area contributed by atoms with Crippen LogP contribution in [-0.4, -0.2) is 55.4 Å². The van der Waals surface area contributed by atoms with Gasteiger partial charge in [0.05, 0.1) is 6.10 Å². The standard InChI is InChI=1S/C18H30N2O3/c1-16(2)14-13(4-3-9-23-14)18(16,19)15(21)20-8-5-17(12-20)6-10-22-11-7-17/h13-14H,3-12,19H2,1-2H3. The first kappa shape index (κ1) is 15.9. The van der Waals surface area contributed by atoms with Crippen LogP contribution in [0.2, 0.25) is 0 Å². The SMILES string of the molecule is CC1(C)C2OCCCC2C1(N)C(=O)N1CCC2(CCOCC2)C1. The van der Waals surface area contributed by atoms with Crippen LogP contribution in [0.15, 0.2) is 0 Å². The average Bonchev–Trinajstić information content (AvgIpc) is 2.97. The molecule has 1 amide bonds. The van der Waals surface area contributed by atoms with Gasteiger partial charge in [0.1, 0.15) is 5.54 Å². The van der Waals surface area contributed by atoms with Crippen LogP contribution in [-0.2, 0) is 14.3 Å². The Hall–Kier alpha value is -0.650. The lowest BCUT2D eigenvalue weighted by molar-refractivity contribution is -0.229. The highest BCUT2D eigenvalue weighted by atomic mass is 16.5. The zero-order valence-electron chi connectivity index (χ0n) is 14.5. The maximum atomic E-state index is 13.4. The monoisotopic (exact) mass is 322 g/mol. The lowest BCUT2D eigenvalue weighted by Crippen LogP contribution is -2.82. The van der Waals surface area contributed by atoms with Crippen LogP contribution < -0.4 is 5.73 Å². The number of likely N-dealkylation sites (tertiary alicyclic amines) is 1. The highest BCUT2D eigenvalue weighted by molar-refractivity contribution is 5.90. The van der Waals surface area contributed by atoms with Gasteiger partial charge in [0.25, 0.3) is 0 Å². The first-order valence-corrected chi connectivity index (χ1v) is 9.18. The van der Waals surface area contributed by atoms with Crippen LogP contribution >= 0.6 is 0 Å². The Morgan fingerprint density at radius 1 is 1.17 bits per heavy atom. The average molecular weight is 322 g/mol. The molecule has 0 radical (unpaired) electrons. The molecule has 3 heterocycles. The van der Waals surface area contributed by atoms with Crippen molar-refractivity contribution >= 4 is 5.91 Å².